The first kappa shape index (κ1) is 18.0. The molecule has 3 nitrogen and oxygen atoms in total. The minimum absolute atomic E-state index is 0.115. The summed E-state index contributed by atoms with van der Waals surface area (Å²) in [6.45, 7) is 8.23. The topological polar surface area (TPSA) is 35.0 Å². The highest BCUT2D eigenvalue weighted by Gasteiger charge is 2.17. The van der Waals surface area contributed by atoms with Gasteiger partial charge in [-0.15, -0.1) is 0 Å². The zero-order chi connectivity index (χ0) is 17.0. The molecule has 1 unspecified atom stereocenters. The second-order valence-corrected chi connectivity index (χ2v) is 6.28. The van der Waals surface area contributed by atoms with Crippen LogP contribution in [0.25, 0.3) is 11.3 Å². The lowest BCUT2D eigenvalue weighted by Crippen LogP contribution is -2.14. The summed E-state index contributed by atoms with van der Waals surface area (Å²) in [5.74, 6) is 0.632. The Bertz CT molecular complexity index is 689. The zero-order valence-electron chi connectivity index (χ0n) is 14.0. The predicted octanol–water partition coefficient (Wildman–Crippen LogP) is 5.75. The van der Waals surface area contributed by atoms with Crippen LogP contribution in [0.5, 0.6) is 5.88 Å². The van der Waals surface area contributed by atoms with Crippen molar-refractivity contribution in [1.29, 1.82) is 0 Å². The highest BCUT2D eigenvalue weighted by Crippen LogP contribution is 2.33. The smallest absolute Gasteiger partial charge is 0.236 e. The van der Waals surface area contributed by atoms with E-state index in [1.807, 2.05) is 26.0 Å². The molecule has 0 radical (unpaired) electrons. The number of hydrogen-bond donors (Lipinski definition) is 0. The van der Waals surface area contributed by atoms with Gasteiger partial charge in [0.25, 0.3) is 0 Å². The molecule has 2 aromatic rings. The molecule has 0 spiro atoms. The third-order valence-electron chi connectivity index (χ3n) is 3.75. The summed E-state index contributed by atoms with van der Waals surface area (Å²) >= 11 is 12.3. The summed E-state index contributed by atoms with van der Waals surface area (Å²) in [5, 5.41) is 1.19. The van der Waals surface area contributed by atoms with Gasteiger partial charge in [0, 0.05) is 10.6 Å². The van der Waals surface area contributed by atoms with Crippen LogP contribution < -0.4 is 4.74 Å². The minimum atomic E-state index is 0.115. The maximum absolute atomic E-state index is 6.35. The van der Waals surface area contributed by atoms with Crippen molar-refractivity contribution in [3.8, 4) is 17.1 Å². The first-order valence-electron chi connectivity index (χ1n) is 8.01. The lowest BCUT2D eigenvalue weighted by Gasteiger charge is -2.17. The SMILES string of the molecule is CCc1nc(-c2ccc(Cl)cc2Cl)c(CC)nc1OC(C)CC. The zero-order valence-corrected chi connectivity index (χ0v) is 15.5. The van der Waals surface area contributed by atoms with Crippen LogP contribution in [0.4, 0.5) is 0 Å². The molecule has 0 N–H and O–H groups in total. The number of benzene rings is 1. The molecule has 2 rings (SSSR count). The Hall–Kier alpha value is -1.32. The molecule has 0 aliphatic heterocycles. The van der Waals surface area contributed by atoms with Gasteiger partial charge in [0.05, 0.1) is 22.5 Å². The van der Waals surface area contributed by atoms with Gasteiger partial charge in [0.2, 0.25) is 5.88 Å². The average Bonchev–Trinajstić information content (AvgIpc) is 2.54. The fourth-order valence-corrected chi connectivity index (χ4v) is 2.73. The van der Waals surface area contributed by atoms with Crippen molar-refractivity contribution in [3.63, 3.8) is 0 Å². The Kier molecular flexibility index (Phi) is 6.25. The Morgan fingerprint density at radius 3 is 2.30 bits per heavy atom. The van der Waals surface area contributed by atoms with Gasteiger partial charge < -0.3 is 4.74 Å². The molecule has 1 heterocycles. The van der Waals surface area contributed by atoms with Crippen molar-refractivity contribution in [1.82, 2.24) is 9.97 Å². The largest absolute Gasteiger partial charge is 0.473 e. The van der Waals surface area contributed by atoms with Crippen LogP contribution in [-0.2, 0) is 12.8 Å². The third kappa shape index (κ3) is 4.15. The number of rotatable bonds is 6. The van der Waals surface area contributed by atoms with Crippen molar-refractivity contribution in [2.45, 2.75) is 53.1 Å². The molecule has 1 aromatic carbocycles. The van der Waals surface area contributed by atoms with E-state index in [1.54, 1.807) is 6.07 Å². The molecule has 1 aromatic heterocycles. The van der Waals surface area contributed by atoms with Crippen LogP contribution in [-0.4, -0.2) is 16.1 Å². The van der Waals surface area contributed by atoms with Crippen molar-refractivity contribution in [2.24, 2.45) is 0 Å². The first-order chi connectivity index (χ1) is 11.0. The Labute approximate surface area is 148 Å². The summed E-state index contributed by atoms with van der Waals surface area (Å²) < 4.78 is 5.94. The summed E-state index contributed by atoms with van der Waals surface area (Å²) in [6.07, 6.45) is 2.55. The molecule has 0 amide bonds. The van der Waals surface area contributed by atoms with Crippen LogP contribution in [0.3, 0.4) is 0 Å². The summed E-state index contributed by atoms with van der Waals surface area (Å²) in [7, 11) is 0. The Morgan fingerprint density at radius 2 is 1.74 bits per heavy atom. The van der Waals surface area contributed by atoms with Crippen LogP contribution in [0.15, 0.2) is 18.2 Å². The number of nitrogens with zero attached hydrogens (tertiary/aromatic N) is 2. The number of ether oxygens (including phenoxy) is 1. The molecule has 0 saturated carbocycles. The lowest BCUT2D eigenvalue weighted by molar-refractivity contribution is 0.205. The molecule has 1 atom stereocenters. The quantitative estimate of drug-likeness (QED) is 0.663. The van der Waals surface area contributed by atoms with Crippen LogP contribution in [0.1, 0.15) is 45.5 Å². The van der Waals surface area contributed by atoms with E-state index in [0.717, 1.165) is 41.9 Å². The van der Waals surface area contributed by atoms with Gasteiger partial charge in [-0.2, -0.15) is 0 Å². The van der Waals surface area contributed by atoms with Gasteiger partial charge in [0.15, 0.2) is 0 Å². The van der Waals surface area contributed by atoms with Crippen molar-refractivity contribution < 1.29 is 4.74 Å². The van der Waals surface area contributed by atoms with E-state index in [2.05, 4.69) is 13.8 Å². The van der Waals surface area contributed by atoms with Crippen LogP contribution in [0, 0.1) is 0 Å². The lowest BCUT2D eigenvalue weighted by atomic mass is 10.1. The van der Waals surface area contributed by atoms with E-state index < -0.39 is 0 Å². The highest BCUT2D eigenvalue weighted by atomic mass is 35.5. The van der Waals surface area contributed by atoms with Gasteiger partial charge >= 0.3 is 0 Å². The molecular formula is C18H22Cl2N2O. The molecule has 5 heteroatoms. The van der Waals surface area contributed by atoms with Crippen LogP contribution >= 0.6 is 23.2 Å². The van der Waals surface area contributed by atoms with E-state index in [-0.39, 0.29) is 6.10 Å². The van der Waals surface area contributed by atoms with E-state index >= 15 is 0 Å². The molecule has 0 fully saturated rings. The van der Waals surface area contributed by atoms with Gasteiger partial charge in [0.1, 0.15) is 5.69 Å². The highest BCUT2D eigenvalue weighted by molar-refractivity contribution is 6.36. The molecule has 0 bridgehead atoms. The molecule has 0 aliphatic rings. The fourth-order valence-electron chi connectivity index (χ4n) is 2.23. The molecular weight excluding hydrogens is 331 g/mol. The second-order valence-electron chi connectivity index (χ2n) is 5.44. The monoisotopic (exact) mass is 352 g/mol. The maximum atomic E-state index is 6.35. The summed E-state index contributed by atoms with van der Waals surface area (Å²) in [4.78, 5) is 9.51. The van der Waals surface area contributed by atoms with E-state index in [4.69, 9.17) is 37.9 Å². The van der Waals surface area contributed by atoms with Gasteiger partial charge in [-0.3, -0.25) is 0 Å². The molecule has 23 heavy (non-hydrogen) atoms. The Morgan fingerprint density at radius 1 is 1.04 bits per heavy atom. The van der Waals surface area contributed by atoms with Gasteiger partial charge in [-0.1, -0.05) is 44.0 Å². The van der Waals surface area contributed by atoms with E-state index in [0.29, 0.717) is 15.9 Å². The number of hydrogen-bond acceptors (Lipinski definition) is 3. The number of halogens is 2. The maximum Gasteiger partial charge on any atom is 0.236 e. The van der Waals surface area contributed by atoms with E-state index in [1.165, 1.54) is 0 Å². The van der Waals surface area contributed by atoms with Gasteiger partial charge in [-0.05, 0) is 44.4 Å². The van der Waals surface area contributed by atoms with Crippen LogP contribution in [0.2, 0.25) is 10.0 Å². The third-order valence-corrected chi connectivity index (χ3v) is 4.30. The minimum Gasteiger partial charge on any atom is -0.473 e. The molecule has 0 saturated heterocycles. The number of aromatic nitrogens is 2. The van der Waals surface area contributed by atoms with Crippen molar-refractivity contribution in [3.05, 3.63) is 39.6 Å². The Balaban J connectivity index is 2.55. The summed E-state index contributed by atoms with van der Waals surface area (Å²) in [5.41, 5.74) is 3.39. The molecule has 124 valence electrons. The fraction of sp³-hybridized carbons (Fsp3) is 0.444. The first-order valence-corrected chi connectivity index (χ1v) is 8.77. The average molecular weight is 353 g/mol. The normalized spacial score (nSPS) is 12.3. The standard InChI is InChI=1S/C18H22Cl2N2O/c1-5-11(4)23-18-16(7-3)21-17(15(6-2)22-18)13-9-8-12(19)10-14(13)20/h8-11H,5-7H2,1-4H3. The van der Waals surface area contributed by atoms with E-state index in [9.17, 15) is 0 Å². The number of aryl methyl sites for hydroxylation is 2. The molecule has 0 aliphatic carbocycles. The van der Waals surface area contributed by atoms with Crippen molar-refractivity contribution >= 4 is 23.2 Å². The second kappa shape index (κ2) is 7.98. The van der Waals surface area contributed by atoms with Gasteiger partial charge in [-0.25, -0.2) is 9.97 Å². The van der Waals surface area contributed by atoms with Crippen molar-refractivity contribution in [2.75, 3.05) is 0 Å². The predicted molar refractivity (Wildman–Crippen MR) is 96.6 cm³/mol. The summed E-state index contributed by atoms with van der Waals surface area (Å²) in [6, 6.07) is 5.44.